The number of carbonyl (C=O) groups is 1. The third-order valence-electron chi connectivity index (χ3n) is 2.38. The molecule has 1 aromatic rings. The lowest BCUT2D eigenvalue weighted by atomic mass is 10.2. The van der Waals surface area contributed by atoms with Crippen LogP contribution < -0.4 is 10.5 Å². The fourth-order valence-electron chi connectivity index (χ4n) is 1.43. The van der Waals surface area contributed by atoms with Gasteiger partial charge in [0.25, 0.3) is 5.91 Å². The van der Waals surface area contributed by atoms with Gasteiger partial charge in [0.05, 0.1) is 5.56 Å². The van der Waals surface area contributed by atoms with E-state index >= 15 is 0 Å². The molecule has 0 unspecified atom stereocenters. The van der Waals surface area contributed by atoms with E-state index < -0.39 is 38.0 Å². The van der Waals surface area contributed by atoms with Gasteiger partial charge in [-0.3, -0.25) is 4.79 Å². The third-order valence-corrected chi connectivity index (χ3v) is 3.31. The maximum absolute atomic E-state index is 13.5. The topological polar surface area (TPSA) is 98.5 Å². The van der Waals surface area contributed by atoms with Gasteiger partial charge >= 0.3 is 0 Å². The van der Waals surface area contributed by atoms with E-state index in [-0.39, 0.29) is 6.54 Å². The van der Waals surface area contributed by atoms with Crippen molar-refractivity contribution in [2.24, 2.45) is 5.14 Å². The Bertz CT molecular complexity index is 605. The Labute approximate surface area is 115 Å². The highest BCUT2D eigenvalue weighted by Gasteiger charge is 2.21. The number of nitrogens with one attached hydrogen (secondary N) is 1. The van der Waals surface area contributed by atoms with Crippen molar-refractivity contribution in [3.05, 3.63) is 29.3 Å². The van der Waals surface area contributed by atoms with Gasteiger partial charge in [-0.25, -0.2) is 22.3 Å². The largest absolute Gasteiger partial charge is 0.385 e. The number of primary sulfonamides is 1. The molecule has 0 aliphatic rings. The quantitative estimate of drug-likeness (QED) is 0.742. The first-order valence-corrected chi connectivity index (χ1v) is 7.11. The van der Waals surface area contributed by atoms with Crippen LogP contribution in [0.2, 0.25) is 0 Å². The van der Waals surface area contributed by atoms with Gasteiger partial charge in [-0.2, -0.15) is 0 Å². The predicted molar refractivity (Wildman–Crippen MR) is 66.6 cm³/mol. The predicted octanol–water partition coefficient (Wildman–Crippen LogP) is 0.379. The van der Waals surface area contributed by atoms with Crippen molar-refractivity contribution in [1.29, 1.82) is 0 Å². The molecular weight excluding hydrogens is 294 g/mol. The Kier molecular flexibility index (Phi) is 5.54. The Balaban J connectivity index is 2.98. The second-order valence-electron chi connectivity index (χ2n) is 3.91. The third kappa shape index (κ3) is 4.22. The molecule has 0 saturated carbocycles. The van der Waals surface area contributed by atoms with Crippen LogP contribution in [0.4, 0.5) is 8.78 Å². The van der Waals surface area contributed by atoms with Gasteiger partial charge in [0.15, 0.2) is 0 Å². The average molecular weight is 308 g/mol. The monoisotopic (exact) mass is 308 g/mol. The number of amides is 1. The number of sulfonamides is 1. The minimum Gasteiger partial charge on any atom is -0.385 e. The van der Waals surface area contributed by atoms with E-state index in [1.807, 2.05) is 0 Å². The van der Waals surface area contributed by atoms with Crippen molar-refractivity contribution in [2.75, 3.05) is 20.3 Å². The Morgan fingerprint density at radius 2 is 2.00 bits per heavy atom. The summed E-state index contributed by atoms with van der Waals surface area (Å²) in [5, 5.41) is 7.13. The fourth-order valence-corrected chi connectivity index (χ4v) is 2.05. The number of carbonyl (C=O) groups excluding carboxylic acids is 1. The minimum atomic E-state index is -4.38. The first-order chi connectivity index (χ1) is 9.27. The van der Waals surface area contributed by atoms with E-state index in [9.17, 15) is 22.0 Å². The minimum absolute atomic E-state index is 0.203. The van der Waals surface area contributed by atoms with Crippen LogP contribution in [0.5, 0.6) is 0 Å². The summed E-state index contributed by atoms with van der Waals surface area (Å²) in [4.78, 5) is 10.7. The van der Waals surface area contributed by atoms with Crippen LogP contribution in [0.25, 0.3) is 0 Å². The van der Waals surface area contributed by atoms with Crippen molar-refractivity contribution in [3.63, 3.8) is 0 Å². The summed E-state index contributed by atoms with van der Waals surface area (Å²) in [7, 11) is -2.89. The summed E-state index contributed by atoms with van der Waals surface area (Å²) < 4.78 is 53.8. The lowest BCUT2D eigenvalue weighted by Gasteiger charge is -2.08. The first-order valence-electron chi connectivity index (χ1n) is 5.56. The lowest BCUT2D eigenvalue weighted by molar-refractivity contribution is 0.0944. The first kappa shape index (κ1) is 16.5. The van der Waals surface area contributed by atoms with Crippen LogP contribution in [0.15, 0.2) is 17.0 Å². The Morgan fingerprint density at radius 3 is 2.55 bits per heavy atom. The van der Waals surface area contributed by atoms with Crippen LogP contribution in [0.3, 0.4) is 0 Å². The van der Waals surface area contributed by atoms with Gasteiger partial charge in [-0.05, 0) is 12.5 Å². The van der Waals surface area contributed by atoms with Crippen LogP contribution >= 0.6 is 0 Å². The number of ether oxygens (including phenoxy) is 1. The number of nitrogens with two attached hydrogens (primary N) is 1. The number of hydrogen-bond donors (Lipinski definition) is 2. The molecule has 0 fully saturated rings. The van der Waals surface area contributed by atoms with E-state index in [0.29, 0.717) is 25.2 Å². The summed E-state index contributed by atoms with van der Waals surface area (Å²) in [5.41, 5.74) is -0.590. The molecule has 0 aliphatic carbocycles. The molecule has 0 heterocycles. The molecule has 0 bridgehead atoms. The van der Waals surface area contributed by atoms with Crippen LogP contribution in [-0.2, 0) is 14.8 Å². The normalized spacial score (nSPS) is 11.4. The number of rotatable bonds is 6. The van der Waals surface area contributed by atoms with Gasteiger partial charge in [-0.15, -0.1) is 0 Å². The summed E-state index contributed by atoms with van der Waals surface area (Å²) in [6.07, 6.45) is 0.493. The summed E-state index contributed by atoms with van der Waals surface area (Å²) >= 11 is 0. The molecule has 6 nitrogen and oxygen atoms in total. The number of hydrogen-bond acceptors (Lipinski definition) is 4. The van der Waals surface area contributed by atoms with Crippen molar-refractivity contribution in [1.82, 2.24) is 5.32 Å². The zero-order valence-corrected chi connectivity index (χ0v) is 11.5. The second-order valence-corrected chi connectivity index (χ2v) is 5.44. The Morgan fingerprint density at radius 1 is 1.35 bits per heavy atom. The molecular formula is C11H14F2N2O4S. The number of methoxy groups -OCH3 is 1. The molecule has 0 aromatic heterocycles. The standard InChI is InChI=1S/C11H14F2N2O4S/c1-19-4-2-3-15-11(16)7-5-10(20(14,17)18)9(13)6-8(7)12/h5-6H,2-4H2,1H3,(H,15,16)(H2,14,17,18). The molecule has 112 valence electrons. The summed E-state index contributed by atoms with van der Waals surface area (Å²) in [6, 6.07) is 0.884. The van der Waals surface area contributed by atoms with Gasteiger partial charge in [0.2, 0.25) is 10.0 Å². The van der Waals surface area contributed by atoms with Gasteiger partial charge in [-0.1, -0.05) is 0 Å². The molecule has 0 radical (unpaired) electrons. The SMILES string of the molecule is COCCCNC(=O)c1cc(S(N)(=O)=O)c(F)cc1F. The zero-order chi connectivity index (χ0) is 15.3. The van der Waals surface area contributed by atoms with E-state index in [2.05, 4.69) is 5.32 Å². The maximum Gasteiger partial charge on any atom is 0.254 e. The highest BCUT2D eigenvalue weighted by Crippen LogP contribution is 2.18. The number of benzene rings is 1. The van der Waals surface area contributed by atoms with Crippen LogP contribution in [-0.4, -0.2) is 34.6 Å². The average Bonchev–Trinajstić information content (AvgIpc) is 2.32. The molecule has 9 heteroatoms. The number of halogens is 2. The molecule has 1 rings (SSSR count). The fraction of sp³-hybridized carbons (Fsp3) is 0.364. The molecule has 0 spiro atoms. The highest BCUT2D eigenvalue weighted by atomic mass is 32.2. The second kappa shape index (κ2) is 6.73. The molecule has 0 saturated heterocycles. The van der Waals surface area contributed by atoms with E-state index in [4.69, 9.17) is 9.88 Å². The van der Waals surface area contributed by atoms with Crippen LogP contribution in [0.1, 0.15) is 16.8 Å². The van der Waals surface area contributed by atoms with Crippen LogP contribution in [0, 0.1) is 11.6 Å². The van der Waals surface area contributed by atoms with E-state index in [0.717, 1.165) is 0 Å². The van der Waals surface area contributed by atoms with Crippen molar-refractivity contribution < 1.29 is 26.7 Å². The summed E-state index contributed by atoms with van der Waals surface area (Å²) in [6.45, 7) is 0.600. The molecule has 0 atom stereocenters. The molecule has 3 N–H and O–H groups in total. The molecule has 0 aliphatic heterocycles. The smallest absolute Gasteiger partial charge is 0.254 e. The molecule has 20 heavy (non-hydrogen) atoms. The lowest BCUT2D eigenvalue weighted by Crippen LogP contribution is -2.27. The van der Waals surface area contributed by atoms with Gasteiger partial charge in [0.1, 0.15) is 16.5 Å². The van der Waals surface area contributed by atoms with Crippen molar-refractivity contribution >= 4 is 15.9 Å². The van der Waals surface area contributed by atoms with Gasteiger partial charge < -0.3 is 10.1 Å². The maximum atomic E-state index is 13.5. The molecule has 1 amide bonds. The Hall–Kier alpha value is -1.58. The van der Waals surface area contributed by atoms with E-state index in [1.54, 1.807) is 0 Å². The molecule has 1 aromatic carbocycles. The zero-order valence-electron chi connectivity index (χ0n) is 10.7. The summed E-state index contributed by atoms with van der Waals surface area (Å²) in [5.74, 6) is -3.37. The van der Waals surface area contributed by atoms with Crippen molar-refractivity contribution in [2.45, 2.75) is 11.3 Å². The highest BCUT2D eigenvalue weighted by molar-refractivity contribution is 7.89. The van der Waals surface area contributed by atoms with E-state index in [1.165, 1.54) is 7.11 Å². The van der Waals surface area contributed by atoms with Gasteiger partial charge in [0, 0.05) is 26.3 Å². The van der Waals surface area contributed by atoms with Crippen molar-refractivity contribution in [3.8, 4) is 0 Å².